The molecule has 0 N–H and O–H groups in total. The summed E-state index contributed by atoms with van der Waals surface area (Å²) in [5.41, 5.74) is 3.74. The van der Waals surface area contributed by atoms with Gasteiger partial charge in [0.1, 0.15) is 0 Å². The number of hydrogen-bond donors (Lipinski definition) is 0. The van der Waals surface area contributed by atoms with Crippen molar-refractivity contribution >= 4 is 23.1 Å². The van der Waals surface area contributed by atoms with Crippen LogP contribution >= 0.6 is 0 Å². The van der Waals surface area contributed by atoms with E-state index in [2.05, 4.69) is 0 Å². The summed E-state index contributed by atoms with van der Waals surface area (Å²) in [6, 6.07) is 14.0. The van der Waals surface area contributed by atoms with E-state index >= 15 is 0 Å². The number of carbonyl (C=O) groups excluding carboxylic acids is 4. The van der Waals surface area contributed by atoms with Crippen molar-refractivity contribution < 1.29 is 19.2 Å². The third-order valence-electron chi connectivity index (χ3n) is 5.28. The van der Waals surface area contributed by atoms with Crippen LogP contribution < -0.4 is 0 Å². The number of hydrogen-bond acceptors (Lipinski definition) is 4. The monoisotopic (exact) mass is 370 g/mol. The van der Waals surface area contributed by atoms with Crippen LogP contribution in [0.15, 0.2) is 71.8 Å². The SMILES string of the molecule is O=C1C2=C(CCCC2)C(=O)c2ccccc21.O=C1C=CC(=O)c2ccccc21. The summed E-state index contributed by atoms with van der Waals surface area (Å²) < 4.78 is 0. The summed E-state index contributed by atoms with van der Waals surface area (Å²) in [6.45, 7) is 0. The fourth-order valence-electron chi connectivity index (χ4n) is 3.85. The Kier molecular flexibility index (Phi) is 4.70. The first-order valence-corrected chi connectivity index (χ1v) is 9.34. The molecule has 0 fully saturated rings. The average Bonchev–Trinajstić information content (AvgIpc) is 2.75. The van der Waals surface area contributed by atoms with Crippen molar-refractivity contribution in [2.24, 2.45) is 0 Å². The Morgan fingerprint density at radius 2 is 0.857 bits per heavy atom. The van der Waals surface area contributed by atoms with Gasteiger partial charge in [0.05, 0.1) is 0 Å². The van der Waals surface area contributed by atoms with Crippen LogP contribution in [0.3, 0.4) is 0 Å². The Morgan fingerprint density at radius 1 is 0.500 bits per heavy atom. The predicted molar refractivity (Wildman–Crippen MR) is 105 cm³/mol. The second-order valence-corrected chi connectivity index (χ2v) is 6.98. The molecule has 0 spiro atoms. The first-order valence-electron chi connectivity index (χ1n) is 9.34. The van der Waals surface area contributed by atoms with Gasteiger partial charge < -0.3 is 0 Å². The van der Waals surface area contributed by atoms with Crippen LogP contribution in [0, 0.1) is 0 Å². The van der Waals surface area contributed by atoms with Gasteiger partial charge in [0.2, 0.25) is 0 Å². The van der Waals surface area contributed by atoms with Gasteiger partial charge in [0.15, 0.2) is 23.1 Å². The lowest BCUT2D eigenvalue weighted by Gasteiger charge is -2.24. The number of rotatable bonds is 0. The van der Waals surface area contributed by atoms with Crippen LogP contribution in [-0.4, -0.2) is 23.1 Å². The van der Waals surface area contributed by atoms with Crippen molar-refractivity contribution in [3.8, 4) is 0 Å². The Morgan fingerprint density at radius 3 is 1.25 bits per heavy atom. The maximum Gasteiger partial charge on any atom is 0.190 e. The molecule has 0 unspecified atom stereocenters. The molecular weight excluding hydrogens is 352 g/mol. The number of carbonyl (C=O) groups is 4. The zero-order valence-corrected chi connectivity index (χ0v) is 15.2. The Labute approximate surface area is 162 Å². The molecular formula is C24H18O4. The molecule has 138 valence electrons. The zero-order chi connectivity index (χ0) is 19.7. The topological polar surface area (TPSA) is 68.3 Å². The van der Waals surface area contributed by atoms with Crippen LogP contribution in [0.1, 0.15) is 67.1 Å². The molecule has 0 bridgehead atoms. The summed E-state index contributed by atoms with van der Waals surface area (Å²) in [7, 11) is 0. The molecule has 0 saturated carbocycles. The van der Waals surface area contributed by atoms with Crippen LogP contribution in [0.5, 0.6) is 0 Å². The third kappa shape index (κ3) is 3.07. The standard InChI is InChI=1S/C14H12O2.C10H6O2/c15-13-9-5-1-2-6-10(9)14(16)12-8-4-3-7-11(12)13;11-9-5-6-10(12)8-4-2-1-3-7(8)9/h1-2,5-6H,3-4,7-8H2;1-6H. The summed E-state index contributed by atoms with van der Waals surface area (Å²) in [4.78, 5) is 46.8. The van der Waals surface area contributed by atoms with Crippen molar-refractivity contribution in [3.63, 3.8) is 0 Å². The second-order valence-electron chi connectivity index (χ2n) is 6.98. The van der Waals surface area contributed by atoms with E-state index in [1.165, 1.54) is 12.2 Å². The van der Waals surface area contributed by atoms with Crippen LogP contribution in [-0.2, 0) is 0 Å². The molecule has 0 aromatic heterocycles. The van der Waals surface area contributed by atoms with Crippen molar-refractivity contribution in [1.29, 1.82) is 0 Å². The van der Waals surface area contributed by atoms with Crippen molar-refractivity contribution in [3.05, 3.63) is 94.1 Å². The molecule has 2 aromatic carbocycles. The van der Waals surface area contributed by atoms with Gasteiger partial charge in [-0.25, -0.2) is 0 Å². The molecule has 3 aliphatic rings. The van der Waals surface area contributed by atoms with Crippen molar-refractivity contribution in [2.45, 2.75) is 25.7 Å². The zero-order valence-electron chi connectivity index (χ0n) is 15.2. The van der Waals surface area contributed by atoms with E-state index in [0.717, 1.165) is 36.8 Å². The van der Waals surface area contributed by atoms with E-state index in [-0.39, 0.29) is 23.1 Å². The van der Waals surface area contributed by atoms with E-state index in [1.807, 2.05) is 12.1 Å². The molecule has 0 heterocycles. The van der Waals surface area contributed by atoms with E-state index < -0.39 is 0 Å². The maximum absolute atomic E-state index is 12.2. The molecule has 0 amide bonds. The second kappa shape index (κ2) is 7.31. The van der Waals surface area contributed by atoms with Gasteiger partial charge in [-0.1, -0.05) is 48.5 Å². The predicted octanol–water partition coefficient (Wildman–Crippen LogP) is 4.56. The van der Waals surface area contributed by atoms with Gasteiger partial charge in [-0.2, -0.15) is 0 Å². The highest BCUT2D eigenvalue weighted by Gasteiger charge is 2.32. The molecule has 5 rings (SSSR count). The number of ketones is 4. The first-order chi connectivity index (χ1) is 13.6. The molecule has 4 heteroatoms. The molecule has 3 aliphatic carbocycles. The molecule has 0 saturated heterocycles. The molecule has 0 radical (unpaired) electrons. The highest BCUT2D eigenvalue weighted by atomic mass is 16.1. The molecule has 2 aromatic rings. The normalized spacial score (nSPS) is 17.4. The average molecular weight is 370 g/mol. The lowest BCUT2D eigenvalue weighted by Crippen LogP contribution is -2.24. The molecule has 0 atom stereocenters. The highest BCUT2D eigenvalue weighted by Crippen LogP contribution is 2.34. The fourth-order valence-corrected chi connectivity index (χ4v) is 3.85. The summed E-state index contributed by atoms with van der Waals surface area (Å²) >= 11 is 0. The fraction of sp³-hybridized carbons (Fsp3) is 0.167. The van der Waals surface area contributed by atoms with Gasteiger partial charge in [0, 0.05) is 33.4 Å². The quantitative estimate of drug-likeness (QED) is 0.682. The van der Waals surface area contributed by atoms with Gasteiger partial charge in [-0.15, -0.1) is 0 Å². The Balaban J connectivity index is 0.000000143. The first kappa shape index (κ1) is 18.0. The van der Waals surface area contributed by atoms with Gasteiger partial charge in [-0.05, 0) is 37.8 Å². The number of benzene rings is 2. The minimum Gasteiger partial charge on any atom is -0.289 e. The van der Waals surface area contributed by atoms with E-state index in [1.54, 1.807) is 36.4 Å². The van der Waals surface area contributed by atoms with Crippen LogP contribution in [0.25, 0.3) is 0 Å². The van der Waals surface area contributed by atoms with E-state index in [4.69, 9.17) is 0 Å². The molecule has 0 aliphatic heterocycles. The van der Waals surface area contributed by atoms with Gasteiger partial charge in [-0.3, -0.25) is 19.2 Å². The summed E-state index contributed by atoms with van der Waals surface area (Å²) in [5, 5.41) is 0. The number of allylic oxidation sites excluding steroid dienone is 4. The van der Waals surface area contributed by atoms with Gasteiger partial charge >= 0.3 is 0 Å². The van der Waals surface area contributed by atoms with Crippen molar-refractivity contribution in [1.82, 2.24) is 0 Å². The van der Waals surface area contributed by atoms with E-state index in [9.17, 15) is 19.2 Å². The number of fused-ring (bicyclic) bond motifs is 2. The molecule has 4 nitrogen and oxygen atoms in total. The lowest BCUT2D eigenvalue weighted by atomic mass is 9.77. The largest absolute Gasteiger partial charge is 0.289 e. The minimum atomic E-state index is -0.0924. The third-order valence-corrected chi connectivity index (χ3v) is 5.28. The summed E-state index contributed by atoms with van der Waals surface area (Å²) in [6.07, 6.45) is 6.22. The highest BCUT2D eigenvalue weighted by molar-refractivity contribution is 6.27. The Bertz CT molecular complexity index is 1000. The minimum absolute atomic E-state index is 0.0740. The van der Waals surface area contributed by atoms with E-state index in [0.29, 0.717) is 22.3 Å². The van der Waals surface area contributed by atoms with Gasteiger partial charge in [0.25, 0.3) is 0 Å². The smallest absolute Gasteiger partial charge is 0.190 e. The Hall–Kier alpha value is -3.40. The van der Waals surface area contributed by atoms with Crippen LogP contribution in [0.2, 0.25) is 0 Å². The van der Waals surface area contributed by atoms with Crippen molar-refractivity contribution in [2.75, 3.05) is 0 Å². The molecule has 28 heavy (non-hydrogen) atoms. The lowest BCUT2D eigenvalue weighted by molar-refractivity contribution is 0.0964. The summed E-state index contributed by atoms with van der Waals surface area (Å²) in [5.74, 6) is -0.0369. The maximum atomic E-state index is 12.2. The number of Topliss-reactive ketones (excluding diaryl/α,β-unsaturated/α-hetero) is 2. The van der Waals surface area contributed by atoms with Crippen LogP contribution in [0.4, 0.5) is 0 Å².